The first-order valence-electron chi connectivity index (χ1n) is 6.55. The summed E-state index contributed by atoms with van der Waals surface area (Å²) in [4.78, 5) is 8.47. The first kappa shape index (κ1) is 15.5. The van der Waals surface area contributed by atoms with E-state index < -0.39 is 0 Å². The minimum absolute atomic E-state index is 0.0808. The molecule has 2 aromatic rings. The van der Waals surface area contributed by atoms with Crippen molar-refractivity contribution in [1.82, 2.24) is 9.97 Å². The van der Waals surface area contributed by atoms with Crippen LogP contribution in [0.3, 0.4) is 0 Å². The second kappa shape index (κ2) is 7.24. The van der Waals surface area contributed by atoms with Crippen LogP contribution in [-0.2, 0) is 11.3 Å². The summed E-state index contributed by atoms with van der Waals surface area (Å²) in [5.74, 6) is 2.05. The van der Waals surface area contributed by atoms with Gasteiger partial charge in [0.1, 0.15) is 23.3 Å². The Morgan fingerprint density at radius 3 is 2.52 bits per heavy atom. The zero-order chi connectivity index (χ0) is 15.2. The Kier molecular flexibility index (Phi) is 5.36. The van der Waals surface area contributed by atoms with Crippen molar-refractivity contribution in [2.45, 2.75) is 19.6 Å². The Morgan fingerprint density at radius 2 is 1.90 bits per heavy atom. The van der Waals surface area contributed by atoms with Crippen molar-refractivity contribution in [2.75, 3.05) is 19.5 Å². The van der Waals surface area contributed by atoms with Crippen LogP contribution in [0.4, 0.5) is 5.82 Å². The second-order valence-corrected chi connectivity index (χ2v) is 4.95. The lowest BCUT2D eigenvalue weighted by Crippen LogP contribution is -2.10. The predicted octanol–water partition coefficient (Wildman–Crippen LogP) is 3.46. The topological polar surface area (TPSA) is 56.3 Å². The van der Waals surface area contributed by atoms with Gasteiger partial charge in [-0.1, -0.05) is 23.7 Å². The molecule has 0 amide bonds. The summed E-state index contributed by atoms with van der Waals surface area (Å²) in [7, 11) is 3.24. The lowest BCUT2D eigenvalue weighted by atomic mass is 10.1. The van der Waals surface area contributed by atoms with Gasteiger partial charge in [0, 0.05) is 19.2 Å². The maximum Gasteiger partial charge on any atom is 0.158 e. The Morgan fingerprint density at radius 1 is 1.19 bits per heavy atom. The molecule has 0 radical (unpaired) electrons. The van der Waals surface area contributed by atoms with Crippen molar-refractivity contribution in [2.24, 2.45) is 0 Å². The molecule has 6 heteroatoms. The lowest BCUT2D eigenvalue weighted by molar-refractivity contribution is 0.178. The number of methoxy groups -OCH3 is 2. The van der Waals surface area contributed by atoms with Gasteiger partial charge in [-0.3, -0.25) is 0 Å². The molecule has 1 N–H and O–H groups in total. The number of rotatable bonds is 6. The number of halogens is 1. The van der Waals surface area contributed by atoms with Crippen molar-refractivity contribution in [3.63, 3.8) is 0 Å². The van der Waals surface area contributed by atoms with Gasteiger partial charge in [-0.05, 0) is 24.6 Å². The molecule has 0 bridgehead atoms. The van der Waals surface area contributed by atoms with E-state index in [1.807, 2.05) is 31.2 Å². The van der Waals surface area contributed by atoms with E-state index >= 15 is 0 Å². The monoisotopic (exact) mass is 307 g/mol. The molecule has 1 unspecified atom stereocenters. The molecule has 1 atom stereocenters. The van der Waals surface area contributed by atoms with E-state index in [-0.39, 0.29) is 6.04 Å². The van der Waals surface area contributed by atoms with Crippen LogP contribution in [0.5, 0.6) is 5.75 Å². The molecule has 1 heterocycles. The fourth-order valence-corrected chi connectivity index (χ4v) is 2.13. The number of benzene rings is 1. The quantitative estimate of drug-likeness (QED) is 0.828. The van der Waals surface area contributed by atoms with Crippen LogP contribution in [0.25, 0.3) is 0 Å². The maximum atomic E-state index is 5.99. The molecule has 0 aliphatic carbocycles. The van der Waals surface area contributed by atoms with E-state index in [0.29, 0.717) is 23.4 Å². The van der Waals surface area contributed by atoms with E-state index in [4.69, 9.17) is 21.1 Å². The number of nitrogens with one attached hydrogen (secondary N) is 1. The summed E-state index contributed by atoms with van der Waals surface area (Å²) in [5.41, 5.74) is 1.12. The number of anilines is 1. The zero-order valence-corrected chi connectivity index (χ0v) is 13.0. The summed E-state index contributed by atoms with van der Waals surface area (Å²) < 4.78 is 10.2. The number of nitrogens with zero attached hydrogens (tertiary/aromatic N) is 2. The van der Waals surface area contributed by atoms with Gasteiger partial charge in [0.15, 0.2) is 5.82 Å². The van der Waals surface area contributed by atoms with Gasteiger partial charge < -0.3 is 14.8 Å². The number of hydrogen-bond acceptors (Lipinski definition) is 5. The third kappa shape index (κ3) is 4.31. The van der Waals surface area contributed by atoms with Gasteiger partial charge >= 0.3 is 0 Å². The average Bonchev–Trinajstić information content (AvgIpc) is 2.47. The summed E-state index contributed by atoms with van der Waals surface area (Å²) in [5, 5.41) is 3.69. The summed E-state index contributed by atoms with van der Waals surface area (Å²) in [6.45, 7) is 2.37. The van der Waals surface area contributed by atoms with Gasteiger partial charge in [-0.25, -0.2) is 9.97 Å². The molecule has 0 aliphatic rings. The van der Waals surface area contributed by atoms with Gasteiger partial charge in [-0.15, -0.1) is 0 Å². The molecule has 0 saturated heterocycles. The van der Waals surface area contributed by atoms with E-state index in [0.717, 1.165) is 11.3 Å². The minimum Gasteiger partial charge on any atom is -0.497 e. The van der Waals surface area contributed by atoms with E-state index in [1.54, 1.807) is 20.3 Å². The van der Waals surface area contributed by atoms with Crippen LogP contribution in [0.15, 0.2) is 30.3 Å². The fraction of sp³-hybridized carbons (Fsp3) is 0.333. The molecule has 5 nitrogen and oxygen atoms in total. The highest BCUT2D eigenvalue weighted by Crippen LogP contribution is 2.22. The molecular weight excluding hydrogens is 290 g/mol. The predicted molar refractivity (Wildman–Crippen MR) is 82.8 cm³/mol. The van der Waals surface area contributed by atoms with Gasteiger partial charge in [0.05, 0.1) is 7.11 Å². The molecule has 1 aromatic carbocycles. The minimum atomic E-state index is 0.0808. The Labute approximate surface area is 129 Å². The highest BCUT2D eigenvalue weighted by molar-refractivity contribution is 6.29. The Balaban J connectivity index is 2.12. The molecule has 1 aromatic heterocycles. The summed E-state index contributed by atoms with van der Waals surface area (Å²) >= 11 is 5.99. The van der Waals surface area contributed by atoms with Crippen molar-refractivity contribution in [1.29, 1.82) is 0 Å². The van der Waals surface area contributed by atoms with Gasteiger partial charge in [0.2, 0.25) is 0 Å². The second-order valence-electron chi connectivity index (χ2n) is 4.56. The van der Waals surface area contributed by atoms with Crippen LogP contribution < -0.4 is 10.1 Å². The van der Waals surface area contributed by atoms with Gasteiger partial charge in [-0.2, -0.15) is 0 Å². The molecular formula is C15H18ClN3O2. The number of aromatic nitrogens is 2. The highest BCUT2D eigenvalue weighted by Gasteiger charge is 2.09. The van der Waals surface area contributed by atoms with Crippen LogP contribution in [0, 0.1) is 0 Å². The van der Waals surface area contributed by atoms with Gasteiger partial charge in [0.25, 0.3) is 0 Å². The molecule has 2 rings (SSSR count). The van der Waals surface area contributed by atoms with Crippen LogP contribution >= 0.6 is 11.6 Å². The Hall–Kier alpha value is -1.85. The number of hydrogen-bond donors (Lipinski definition) is 1. The lowest BCUT2D eigenvalue weighted by Gasteiger charge is -2.16. The van der Waals surface area contributed by atoms with Crippen LogP contribution in [-0.4, -0.2) is 24.2 Å². The molecule has 0 saturated carbocycles. The number of ether oxygens (including phenoxy) is 2. The first-order chi connectivity index (χ1) is 10.1. The van der Waals surface area contributed by atoms with Crippen molar-refractivity contribution >= 4 is 17.4 Å². The van der Waals surface area contributed by atoms with Crippen molar-refractivity contribution in [3.05, 3.63) is 46.9 Å². The third-order valence-electron chi connectivity index (χ3n) is 2.99. The summed E-state index contributed by atoms with van der Waals surface area (Å²) in [6.07, 6.45) is 0. The van der Waals surface area contributed by atoms with E-state index in [1.165, 1.54) is 0 Å². The Bertz CT molecular complexity index is 590. The molecule has 0 fully saturated rings. The smallest absolute Gasteiger partial charge is 0.158 e. The fourth-order valence-electron chi connectivity index (χ4n) is 1.93. The highest BCUT2D eigenvalue weighted by atomic mass is 35.5. The molecule has 0 spiro atoms. The SMILES string of the molecule is COCc1nc(Cl)cc(NC(C)c2ccc(OC)cc2)n1. The van der Waals surface area contributed by atoms with Crippen LogP contribution in [0.1, 0.15) is 24.4 Å². The van der Waals surface area contributed by atoms with E-state index in [2.05, 4.69) is 15.3 Å². The molecule has 0 aliphatic heterocycles. The maximum absolute atomic E-state index is 5.99. The molecule has 112 valence electrons. The van der Waals surface area contributed by atoms with Crippen LogP contribution in [0.2, 0.25) is 5.15 Å². The third-order valence-corrected chi connectivity index (χ3v) is 3.19. The standard InChI is InChI=1S/C15H18ClN3O2/c1-10(11-4-6-12(21-3)7-5-11)17-14-8-13(16)18-15(19-14)9-20-2/h4-8,10H,9H2,1-3H3,(H,17,18,19). The largest absolute Gasteiger partial charge is 0.497 e. The first-order valence-corrected chi connectivity index (χ1v) is 6.93. The normalized spacial score (nSPS) is 12.0. The average molecular weight is 308 g/mol. The van der Waals surface area contributed by atoms with Crippen molar-refractivity contribution < 1.29 is 9.47 Å². The summed E-state index contributed by atoms with van der Waals surface area (Å²) in [6, 6.07) is 9.65. The van der Waals surface area contributed by atoms with Crippen molar-refractivity contribution in [3.8, 4) is 5.75 Å². The zero-order valence-electron chi connectivity index (χ0n) is 12.3. The van der Waals surface area contributed by atoms with E-state index in [9.17, 15) is 0 Å². The molecule has 21 heavy (non-hydrogen) atoms.